The van der Waals surface area contributed by atoms with Gasteiger partial charge in [0.25, 0.3) is 5.91 Å². The monoisotopic (exact) mass is 384 g/mol. The van der Waals surface area contributed by atoms with Crippen molar-refractivity contribution in [3.05, 3.63) is 64.7 Å². The van der Waals surface area contributed by atoms with E-state index in [2.05, 4.69) is 10.6 Å². The van der Waals surface area contributed by atoms with Crippen LogP contribution in [0.1, 0.15) is 27.0 Å². The number of amides is 1. The Morgan fingerprint density at radius 1 is 1.00 bits per heavy atom. The van der Waals surface area contributed by atoms with E-state index < -0.39 is 9.96 Å². The molecule has 6 heteroatoms. The Kier molecular flexibility index (Phi) is 6.02. The van der Waals surface area contributed by atoms with E-state index in [1.807, 2.05) is 51.1 Å². The lowest BCUT2D eigenvalue weighted by molar-refractivity contribution is 0.0941. The van der Waals surface area contributed by atoms with Gasteiger partial charge in [0.15, 0.2) is 0 Å². The van der Waals surface area contributed by atoms with E-state index in [4.69, 9.17) is 34.8 Å². The zero-order valence-electron chi connectivity index (χ0n) is 13.7. The number of halogens is 3. The molecule has 0 bridgehead atoms. The number of anilines is 1. The number of alkyl halides is 3. The molecule has 0 saturated carbocycles. The Bertz CT molecular complexity index is 741. The number of hydrogen-bond acceptors (Lipinski definition) is 2. The molecule has 128 valence electrons. The molecule has 1 atom stereocenters. The second kappa shape index (κ2) is 7.64. The quantitative estimate of drug-likeness (QED) is 0.564. The first-order valence-corrected chi connectivity index (χ1v) is 8.59. The lowest BCUT2D eigenvalue weighted by Gasteiger charge is -2.28. The van der Waals surface area contributed by atoms with Crippen molar-refractivity contribution in [1.29, 1.82) is 0 Å². The molecule has 0 aliphatic rings. The molecule has 3 nitrogen and oxygen atoms in total. The van der Waals surface area contributed by atoms with E-state index in [0.717, 1.165) is 22.4 Å². The van der Waals surface area contributed by atoms with Crippen LogP contribution in [0, 0.1) is 20.8 Å². The highest BCUT2D eigenvalue weighted by atomic mass is 35.6. The summed E-state index contributed by atoms with van der Waals surface area (Å²) >= 11 is 18.2. The summed E-state index contributed by atoms with van der Waals surface area (Å²) in [5.41, 5.74) is 4.32. The average molecular weight is 386 g/mol. The summed E-state index contributed by atoms with van der Waals surface area (Å²) in [5, 5.41) is 5.87. The normalized spacial score (nSPS) is 12.6. The van der Waals surface area contributed by atoms with Gasteiger partial charge >= 0.3 is 0 Å². The fraction of sp³-hybridized carbons (Fsp3) is 0.278. The molecule has 2 aromatic rings. The van der Waals surface area contributed by atoms with Gasteiger partial charge in [-0.05, 0) is 44.0 Å². The highest BCUT2D eigenvalue weighted by Gasteiger charge is 2.34. The molecule has 1 unspecified atom stereocenters. The van der Waals surface area contributed by atoms with Crippen molar-refractivity contribution in [2.75, 3.05) is 5.32 Å². The SMILES string of the molecule is Cc1ccc(NC(NC(=O)c2ccccc2C)C(Cl)(Cl)Cl)c(C)c1. The molecular weight excluding hydrogens is 367 g/mol. The van der Waals surface area contributed by atoms with Gasteiger partial charge in [-0.1, -0.05) is 70.7 Å². The summed E-state index contributed by atoms with van der Waals surface area (Å²) in [6.45, 7) is 5.81. The third-order valence-electron chi connectivity index (χ3n) is 3.67. The number of rotatable bonds is 4. The number of aryl methyl sites for hydroxylation is 3. The zero-order valence-corrected chi connectivity index (χ0v) is 15.9. The molecule has 0 heterocycles. The van der Waals surface area contributed by atoms with Crippen LogP contribution in [-0.2, 0) is 0 Å². The molecule has 0 spiro atoms. The predicted octanol–water partition coefficient (Wildman–Crippen LogP) is 5.15. The molecule has 1 amide bonds. The lowest BCUT2D eigenvalue weighted by Crippen LogP contribution is -2.49. The fourth-order valence-electron chi connectivity index (χ4n) is 2.37. The summed E-state index contributed by atoms with van der Waals surface area (Å²) in [4.78, 5) is 12.5. The minimum Gasteiger partial charge on any atom is -0.362 e. The van der Waals surface area contributed by atoms with Gasteiger partial charge in [-0.2, -0.15) is 0 Å². The number of benzene rings is 2. The van der Waals surface area contributed by atoms with Gasteiger partial charge in [-0.25, -0.2) is 0 Å². The van der Waals surface area contributed by atoms with Crippen LogP contribution in [0.25, 0.3) is 0 Å². The van der Waals surface area contributed by atoms with Crippen LogP contribution in [0.5, 0.6) is 0 Å². The summed E-state index contributed by atoms with van der Waals surface area (Å²) in [7, 11) is 0. The second-order valence-corrected chi connectivity index (χ2v) is 8.09. The van der Waals surface area contributed by atoms with Crippen LogP contribution in [0.4, 0.5) is 5.69 Å². The first kappa shape index (κ1) is 18.9. The van der Waals surface area contributed by atoms with Crippen LogP contribution >= 0.6 is 34.8 Å². The molecule has 2 rings (SSSR count). The minimum absolute atomic E-state index is 0.304. The van der Waals surface area contributed by atoms with Crippen molar-refractivity contribution in [1.82, 2.24) is 5.32 Å². The van der Waals surface area contributed by atoms with E-state index in [0.29, 0.717) is 5.56 Å². The third-order valence-corrected chi connectivity index (χ3v) is 4.33. The molecule has 0 fully saturated rings. The average Bonchev–Trinajstić information content (AvgIpc) is 2.48. The van der Waals surface area contributed by atoms with Crippen LogP contribution in [0.2, 0.25) is 0 Å². The summed E-state index contributed by atoms with van der Waals surface area (Å²) in [6.07, 6.45) is -0.879. The fourth-order valence-corrected chi connectivity index (χ4v) is 2.69. The molecule has 24 heavy (non-hydrogen) atoms. The molecular formula is C18H19Cl3N2O. The van der Waals surface area contributed by atoms with E-state index in [1.165, 1.54) is 0 Å². The van der Waals surface area contributed by atoms with Gasteiger partial charge in [0, 0.05) is 11.3 Å². The van der Waals surface area contributed by atoms with Crippen molar-refractivity contribution >= 4 is 46.4 Å². The molecule has 0 aliphatic carbocycles. The number of nitrogens with one attached hydrogen (secondary N) is 2. The first-order chi connectivity index (χ1) is 11.2. The third kappa shape index (κ3) is 4.79. The predicted molar refractivity (Wildman–Crippen MR) is 102 cm³/mol. The van der Waals surface area contributed by atoms with E-state index in [9.17, 15) is 4.79 Å². The summed E-state index contributed by atoms with van der Waals surface area (Å²) in [6, 6.07) is 13.1. The Labute approximate surface area is 157 Å². The Morgan fingerprint density at radius 2 is 1.67 bits per heavy atom. The Morgan fingerprint density at radius 3 is 2.25 bits per heavy atom. The summed E-state index contributed by atoms with van der Waals surface area (Å²) < 4.78 is -1.71. The number of hydrogen-bond donors (Lipinski definition) is 2. The van der Waals surface area contributed by atoms with Crippen molar-refractivity contribution in [2.45, 2.75) is 30.7 Å². The van der Waals surface area contributed by atoms with Gasteiger partial charge in [0.05, 0.1) is 0 Å². The van der Waals surface area contributed by atoms with Gasteiger partial charge in [0.1, 0.15) is 6.17 Å². The van der Waals surface area contributed by atoms with E-state index in [1.54, 1.807) is 12.1 Å². The van der Waals surface area contributed by atoms with Gasteiger partial charge in [-0.15, -0.1) is 0 Å². The molecule has 2 aromatic carbocycles. The van der Waals surface area contributed by atoms with E-state index in [-0.39, 0.29) is 5.91 Å². The smallest absolute Gasteiger partial charge is 0.253 e. The molecule has 0 aromatic heterocycles. The van der Waals surface area contributed by atoms with Gasteiger partial charge < -0.3 is 10.6 Å². The highest BCUT2D eigenvalue weighted by molar-refractivity contribution is 6.68. The van der Waals surface area contributed by atoms with Crippen LogP contribution in [0.15, 0.2) is 42.5 Å². The van der Waals surface area contributed by atoms with Crippen LogP contribution in [0.3, 0.4) is 0 Å². The van der Waals surface area contributed by atoms with Crippen LogP contribution in [-0.4, -0.2) is 15.9 Å². The van der Waals surface area contributed by atoms with Crippen molar-refractivity contribution in [3.63, 3.8) is 0 Å². The molecule has 0 saturated heterocycles. The van der Waals surface area contributed by atoms with Crippen molar-refractivity contribution in [2.24, 2.45) is 0 Å². The lowest BCUT2D eigenvalue weighted by atomic mass is 10.1. The number of carbonyl (C=O) groups is 1. The standard InChI is InChI=1S/C18H19Cl3N2O/c1-11-8-9-15(13(3)10-11)22-17(18(19,20)21)23-16(24)14-7-5-4-6-12(14)2/h4-10,17,22H,1-3H3,(H,23,24). The van der Waals surface area contributed by atoms with Crippen molar-refractivity contribution < 1.29 is 4.79 Å². The maximum Gasteiger partial charge on any atom is 0.253 e. The van der Waals surface area contributed by atoms with Gasteiger partial charge in [0.2, 0.25) is 3.79 Å². The largest absolute Gasteiger partial charge is 0.362 e. The summed E-state index contributed by atoms with van der Waals surface area (Å²) in [5.74, 6) is -0.304. The zero-order chi connectivity index (χ0) is 17.9. The van der Waals surface area contributed by atoms with Crippen molar-refractivity contribution in [3.8, 4) is 0 Å². The second-order valence-electron chi connectivity index (χ2n) is 5.73. The molecule has 2 N–H and O–H groups in total. The van der Waals surface area contributed by atoms with Crippen LogP contribution < -0.4 is 10.6 Å². The molecule has 0 radical (unpaired) electrons. The number of carbonyl (C=O) groups excluding carboxylic acids is 1. The Balaban J connectivity index is 2.23. The van der Waals surface area contributed by atoms with E-state index >= 15 is 0 Å². The highest BCUT2D eigenvalue weighted by Crippen LogP contribution is 2.32. The minimum atomic E-state index is -1.71. The maximum atomic E-state index is 12.5. The Hall–Kier alpha value is -1.42. The van der Waals surface area contributed by atoms with Gasteiger partial charge in [-0.3, -0.25) is 4.79 Å². The topological polar surface area (TPSA) is 41.1 Å². The molecule has 0 aliphatic heterocycles. The first-order valence-electron chi connectivity index (χ1n) is 7.45. The maximum absolute atomic E-state index is 12.5.